The Hall–Kier alpha value is -1.76. The zero-order valence-corrected chi connectivity index (χ0v) is 12.4. The van der Waals surface area contributed by atoms with Crippen LogP contribution in [0.1, 0.15) is 29.8 Å². The molecule has 0 aliphatic heterocycles. The van der Waals surface area contributed by atoms with Crippen molar-refractivity contribution in [3.63, 3.8) is 0 Å². The Morgan fingerprint density at radius 3 is 2.29 bits per heavy atom. The second kappa shape index (κ2) is 5.93. The summed E-state index contributed by atoms with van der Waals surface area (Å²) in [6.45, 7) is 4.38. The number of nitrogens with one attached hydrogen (secondary N) is 1. The lowest BCUT2D eigenvalue weighted by molar-refractivity contribution is -0.138. The van der Waals surface area contributed by atoms with Crippen molar-refractivity contribution in [3.8, 4) is 0 Å². The van der Waals surface area contributed by atoms with E-state index in [1.54, 1.807) is 0 Å². The van der Waals surface area contributed by atoms with Crippen molar-refractivity contribution in [1.29, 1.82) is 0 Å². The first-order chi connectivity index (χ1) is 9.45. The number of rotatable bonds is 5. The predicted octanol–water partition coefficient (Wildman–Crippen LogP) is 3.16. The topological polar surface area (TPSA) is 52.6 Å². The molecular weight excluding hydrogens is 285 g/mol. The van der Waals surface area contributed by atoms with Crippen LogP contribution >= 0.6 is 0 Å². The number of hydrogen-bond acceptors (Lipinski definition) is 3. The summed E-state index contributed by atoms with van der Waals surface area (Å²) >= 11 is 0. The molecule has 0 atom stereocenters. The fourth-order valence-electron chi connectivity index (χ4n) is 1.55. The summed E-state index contributed by atoms with van der Waals surface area (Å²) in [5.74, 6) is -1.60. The molecule has 1 rings (SSSR count). The van der Waals surface area contributed by atoms with Gasteiger partial charge in [-0.3, -0.25) is 0 Å². The van der Waals surface area contributed by atoms with Crippen LogP contribution in [0.4, 0.5) is 18.9 Å². The largest absolute Gasteiger partial charge is 0.478 e. The van der Waals surface area contributed by atoms with Gasteiger partial charge < -0.3 is 15.3 Å². The van der Waals surface area contributed by atoms with Crippen LogP contribution in [0.3, 0.4) is 0 Å². The Morgan fingerprint density at radius 1 is 1.29 bits per heavy atom. The molecular formula is C14H19F3N2O2. The van der Waals surface area contributed by atoms with Crippen LogP contribution in [-0.4, -0.2) is 42.2 Å². The van der Waals surface area contributed by atoms with Gasteiger partial charge in [0.25, 0.3) is 0 Å². The van der Waals surface area contributed by atoms with E-state index in [0.717, 1.165) is 12.1 Å². The molecule has 4 nitrogen and oxygen atoms in total. The van der Waals surface area contributed by atoms with Crippen LogP contribution in [0.5, 0.6) is 0 Å². The van der Waals surface area contributed by atoms with Crippen molar-refractivity contribution in [1.82, 2.24) is 4.90 Å². The highest BCUT2D eigenvalue weighted by atomic mass is 19.4. The molecule has 2 N–H and O–H groups in total. The van der Waals surface area contributed by atoms with E-state index in [1.165, 1.54) is 6.07 Å². The van der Waals surface area contributed by atoms with Gasteiger partial charge in [0.2, 0.25) is 0 Å². The third-order valence-electron chi connectivity index (χ3n) is 3.49. The maximum absolute atomic E-state index is 12.7. The number of carboxylic acid groups (broad SMARTS) is 1. The summed E-state index contributed by atoms with van der Waals surface area (Å²) in [5.41, 5.74) is -1.79. The number of anilines is 1. The van der Waals surface area contributed by atoms with E-state index in [4.69, 9.17) is 5.11 Å². The number of nitrogens with zero attached hydrogens (tertiary/aromatic N) is 1. The quantitative estimate of drug-likeness (QED) is 0.877. The Kier molecular flexibility index (Phi) is 4.88. The van der Waals surface area contributed by atoms with Gasteiger partial charge >= 0.3 is 12.1 Å². The monoisotopic (exact) mass is 304 g/mol. The molecule has 0 fully saturated rings. The molecule has 1 aromatic rings. The number of carboxylic acids is 1. The van der Waals surface area contributed by atoms with Gasteiger partial charge in [0.05, 0.1) is 11.1 Å². The summed E-state index contributed by atoms with van der Waals surface area (Å²) in [4.78, 5) is 13.0. The molecule has 7 heteroatoms. The van der Waals surface area contributed by atoms with E-state index in [-0.39, 0.29) is 5.54 Å². The SMILES string of the molecule is CN(C)C(C)(C)CNc1ccc(C(F)(F)F)c(C(=O)O)c1. The molecule has 0 bridgehead atoms. The molecule has 0 spiro atoms. The van der Waals surface area contributed by atoms with Gasteiger partial charge in [-0.15, -0.1) is 0 Å². The van der Waals surface area contributed by atoms with Crippen molar-refractivity contribution < 1.29 is 23.1 Å². The van der Waals surface area contributed by atoms with Crippen molar-refractivity contribution in [2.75, 3.05) is 26.0 Å². The van der Waals surface area contributed by atoms with Crippen LogP contribution in [0.25, 0.3) is 0 Å². The highest BCUT2D eigenvalue weighted by molar-refractivity contribution is 5.91. The van der Waals surface area contributed by atoms with E-state index >= 15 is 0 Å². The van der Waals surface area contributed by atoms with Crippen molar-refractivity contribution in [3.05, 3.63) is 29.3 Å². The highest BCUT2D eigenvalue weighted by Crippen LogP contribution is 2.33. The number of benzene rings is 1. The van der Waals surface area contributed by atoms with E-state index in [2.05, 4.69) is 5.32 Å². The van der Waals surface area contributed by atoms with Gasteiger partial charge in [0.15, 0.2) is 0 Å². The highest BCUT2D eigenvalue weighted by Gasteiger charge is 2.35. The Balaban J connectivity index is 3.03. The average molecular weight is 304 g/mol. The summed E-state index contributed by atoms with van der Waals surface area (Å²) in [5, 5.41) is 11.9. The molecule has 0 saturated carbocycles. The van der Waals surface area contributed by atoms with Gasteiger partial charge in [-0.1, -0.05) is 0 Å². The van der Waals surface area contributed by atoms with Crippen molar-refractivity contribution in [2.45, 2.75) is 25.6 Å². The number of likely N-dealkylation sites (N-methyl/N-ethyl adjacent to an activating group) is 1. The molecule has 0 aliphatic carbocycles. The maximum atomic E-state index is 12.7. The average Bonchev–Trinajstić information content (AvgIpc) is 2.34. The number of hydrogen-bond donors (Lipinski definition) is 2. The van der Waals surface area contributed by atoms with E-state index in [9.17, 15) is 18.0 Å². The number of halogens is 3. The second-order valence-electron chi connectivity index (χ2n) is 5.62. The van der Waals surface area contributed by atoms with Crippen LogP contribution in [0, 0.1) is 0 Å². The van der Waals surface area contributed by atoms with Gasteiger partial charge in [0.1, 0.15) is 0 Å². The number of aromatic carboxylic acids is 1. The van der Waals surface area contributed by atoms with Crippen LogP contribution in [0.2, 0.25) is 0 Å². The minimum Gasteiger partial charge on any atom is -0.478 e. The smallest absolute Gasteiger partial charge is 0.417 e. The molecule has 0 aliphatic rings. The minimum atomic E-state index is -4.69. The third-order valence-corrected chi connectivity index (χ3v) is 3.49. The molecule has 0 saturated heterocycles. The predicted molar refractivity (Wildman–Crippen MR) is 74.7 cm³/mol. The summed E-state index contributed by atoms with van der Waals surface area (Å²) < 4.78 is 38.2. The molecule has 0 unspecified atom stereocenters. The minimum absolute atomic E-state index is 0.230. The molecule has 0 amide bonds. The third kappa shape index (κ3) is 4.35. The summed E-state index contributed by atoms with van der Waals surface area (Å²) in [7, 11) is 3.77. The van der Waals surface area contributed by atoms with Gasteiger partial charge in [-0.25, -0.2) is 4.79 Å². The summed E-state index contributed by atoms with van der Waals surface area (Å²) in [6.07, 6.45) is -4.69. The zero-order chi connectivity index (χ0) is 16.4. The van der Waals surface area contributed by atoms with Crippen molar-refractivity contribution in [2.24, 2.45) is 0 Å². The zero-order valence-electron chi connectivity index (χ0n) is 12.4. The Bertz CT molecular complexity index is 525. The lowest BCUT2D eigenvalue weighted by atomic mass is 10.0. The second-order valence-corrected chi connectivity index (χ2v) is 5.62. The van der Waals surface area contributed by atoms with Gasteiger partial charge in [0, 0.05) is 17.8 Å². The maximum Gasteiger partial charge on any atom is 0.417 e. The van der Waals surface area contributed by atoms with Gasteiger partial charge in [-0.05, 0) is 46.1 Å². The molecule has 1 aromatic carbocycles. The molecule has 0 heterocycles. The van der Waals surface area contributed by atoms with Crippen LogP contribution in [0.15, 0.2) is 18.2 Å². The first-order valence-corrected chi connectivity index (χ1v) is 6.31. The van der Waals surface area contributed by atoms with Crippen LogP contribution < -0.4 is 5.32 Å². The number of carbonyl (C=O) groups is 1. The fraction of sp³-hybridized carbons (Fsp3) is 0.500. The normalized spacial score (nSPS) is 12.6. The fourth-order valence-corrected chi connectivity index (χ4v) is 1.55. The lowest BCUT2D eigenvalue weighted by Crippen LogP contribution is -2.44. The Morgan fingerprint density at radius 2 is 1.86 bits per heavy atom. The summed E-state index contributed by atoms with van der Waals surface area (Å²) in [6, 6.07) is 3.03. The van der Waals surface area contributed by atoms with Crippen LogP contribution in [-0.2, 0) is 6.18 Å². The molecule has 21 heavy (non-hydrogen) atoms. The van der Waals surface area contributed by atoms with E-state index < -0.39 is 23.3 Å². The van der Waals surface area contributed by atoms with E-state index in [1.807, 2.05) is 32.8 Å². The number of alkyl halides is 3. The standard InChI is InChI=1S/C14H19F3N2O2/c1-13(2,19(3)4)8-18-9-5-6-11(14(15,16)17)10(7-9)12(20)21/h5-7,18H,8H2,1-4H3,(H,20,21). The van der Waals surface area contributed by atoms with Crippen molar-refractivity contribution >= 4 is 11.7 Å². The molecule has 118 valence electrons. The van der Waals surface area contributed by atoms with E-state index in [0.29, 0.717) is 12.2 Å². The first-order valence-electron chi connectivity index (χ1n) is 6.31. The van der Waals surface area contributed by atoms with Gasteiger partial charge in [-0.2, -0.15) is 13.2 Å². The lowest BCUT2D eigenvalue weighted by Gasteiger charge is -2.33. The first kappa shape index (κ1) is 17.3. The molecule has 0 radical (unpaired) electrons. The Labute approximate surface area is 121 Å². The molecule has 0 aromatic heterocycles.